The summed E-state index contributed by atoms with van der Waals surface area (Å²) in [6.45, 7) is 5.25. The number of amides is 1. The molecule has 0 unspecified atom stereocenters. The number of carbonyl (C=O) groups is 1. The van der Waals surface area contributed by atoms with Crippen LogP contribution in [-0.2, 0) is 4.74 Å². The molecule has 4 nitrogen and oxygen atoms in total. The largest absolute Gasteiger partial charge is 0.494 e. The fraction of sp³-hybridized carbons (Fsp3) is 0.438. The second-order valence-electron chi connectivity index (χ2n) is 5.43. The molecule has 1 fully saturated rings. The van der Waals surface area contributed by atoms with E-state index in [1.807, 2.05) is 43.0 Å². The number of hydrogen-bond acceptors (Lipinski definition) is 4. The number of benzene rings is 1. The topological polar surface area (TPSA) is 38.8 Å². The molecule has 1 saturated heterocycles. The van der Waals surface area contributed by atoms with Crippen molar-refractivity contribution in [2.24, 2.45) is 0 Å². The summed E-state index contributed by atoms with van der Waals surface area (Å²) in [5, 5.41) is 1.00. The highest BCUT2D eigenvalue weighted by Crippen LogP contribution is 2.38. The van der Waals surface area contributed by atoms with Crippen LogP contribution in [0.4, 0.5) is 0 Å². The number of rotatable bonds is 2. The molecule has 21 heavy (non-hydrogen) atoms. The lowest BCUT2D eigenvalue weighted by Crippen LogP contribution is -2.48. The third-order valence-corrected chi connectivity index (χ3v) is 4.80. The molecule has 112 valence electrons. The SMILES string of the molecule is COc1c(C(=O)N2C[C@@H](C)O[C@@H](C)C2)sc2ccccc12. The molecule has 0 N–H and O–H groups in total. The van der Waals surface area contributed by atoms with E-state index in [-0.39, 0.29) is 18.1 Å². The Morgan fingerprint density at radius 1 is 1.29 bits per heavy atom. The van der Waals surface area contributed by atoms with Crippen molar-refractivity contribution in [2.75, 3.05) is 20.2 Å². The minimum atomic E-state index is 0.0371. The normalized spacial score (nSPS) is 22.5. The number of ether oxygens (including phenoxy) is 2. The van der Waals surface area contributed by atoms with E-state index in [1.165, 1.54) is 11.3 Å². The second kappa shape index (κ2) is 5.66. The summed E-state index contributed by atoms with van der Waals surface area (Å²) in [4.78, 5) is 15.4. The Balaban J connectivity index is 1.97. The third-order valence-electron chi connectivity index (χ3n) is 3.66. The minimum Gasteiger partial charge on any atom is -0.494 e. The number of nitrogens with zero attached hydrogens (tertiary/aromatic N) is 1. The van der Waals surface area contributed by atoms with Gasteiger partial charge in [-0.25, -0.2) is 0 Å². The average molecular weight is 305 g/mol. The molecule has 1 aromatic heterocycles. The Morgan fingerprint density at radius 3 is 2.62 bits per heavy atom. The number of fused-ring (bicyclic) bond motifs is 1. The van der Waals surface area contributed by atoms with Crippen LogP contribution in [0, 0.1) is 0 Å². The number of morpholine rings is 1. The Labute approximate surface area is 128 Å². The second-order valence-corrected chi connectivity index (χ2v) is 6.48. The zero-order chi connectivity index (χ0) is 15.0. The van der Waals surface area contributed by atoms with E-state index in [4.69, 9.17) is 9.47 Å². The van der Waals surface area contributed by atoms with Gasteiger partial charge in [-0.1, -0.05) is 12.1 Å². The molecular formula is C16H19NO3S. The lowest BCUT2D eigenvalue weighted by molar-refractivity contribution is -0.0585. The van der Waals surface area contributed by atoms with Crippen molar-refractivity contribution in [3.63, 3.8) is 0 Å². The van der Waals surface area contributed by atoms with Crippen LogP contribution in [0.25, 0.3) is 10.1 Å². The Kier molecular flexibility index (Phi) is 3.87. The molecule has 1 aromatic carbocycles. The lowest BCUT2D eigenvalue weighted by atomic mass is 10.2. The minimum absolute atomic E-state index is 0.0371. The van der Waals surface area contributed by atoms with E-state index in [0.717, 1.165) is 10.1 Å². The summed E-state index contributed by atoms with van der Waals surface area (Å²) in [6, 6.07) is 7.95. The van der Waals surface area contributed by atoms with Crippen LogP contribution in [-0.4, -0.2) is 43.2 Å². The van der Waals surface area contributed by atoms with Crippen molar-refractivity contribution in [1.29, 1.82) is 0 Å². The molecule has 2 atom stereocenters. The first-order chi connectivity index (χ1) is 10.1. The summed E-state index contributed by atoms with van der Waals surface area (Å²) in [5.41, 5.74) is 0. The molecule has 2 heterocycles. The third kappa shape index (κ3) is 2.63. The summed E-state index contributed by atoms with van der Waals surface area (Å²) in [6.07, 6.45) is 0.135. The van der Waals surface area contributed by atoms with Gasteiger partial charge in [0.15, 0.2) is 0 Å². The summed E-state index contributed by atoms with van der Waals surface area (Å²) < 4.78 is 12.3. The first-order valence-electron chi connectivity index (χ1n) is 7.10. The summed E-state index contributed by atoms with van der Waals surface area (Å²) in [5.74, 6) is 0.724. The molecule has 0 radical (unpaired) electrons. The van der Waals surface area contributed by atoms with Gasteiger partial charge >= 0.3 is 0 Å². The highest BCUT2D eigenvalue weighted by atomic mass is 32.1. The number of thiophene rings is 1. The zero-order valence-corrected chi connectivity index (χ0v) is 13.3. The van der Waals surface area contributed by atoms with E-state index in [9.17, 15) is 4.79 Å². The molecule has 0 spiro atoms. The van der Waals surface area contributed by atoms with E-state index < -0.39 is 0 Å². The average Bonchev–Trinajstić information content (AvgIpc) is 2.83. The molecule has 5 heteroatoms. The highest BCUT2D eigenvalue weighted by molar-refractivity contribution is 7.21. The maximum Gasteiger partial charge on any atom is 0.267 e. The first-order valence-corrected chi connectivity index (χ1v) is 7.92. The van der Waals surface area contributed by atoms with Crippen LogP contribution in [0.5, 0.6) is 5.75 Å². The van der Waals surface area contributed by atoms with Crippen molar-refractivity contribution in [3.05, 3.63) is 29.1 Å². The fourth-order valence-corrected chi connectivity index (χ4v) is 3.99. The molecule has 1 amide bonds. The molecule has 0 bridgehead atoms. The van der Waals surface area contributed by atoms with Gasteiger partial charge in [0.25, 0.3) is 5.91 Å². The summed E-state index contributed by atoms with van der Waals surface area (Å²) in [7, 11) is 1.62. The van der Waals surface area contributed by atoms with Crippen LogP contribution in [0.15, 0.2) is 24.3 Å². The molecule has 1 aliphatic rings. The van der Waals surface area contributed by atoms with Gasteiger partial charge in [0, 0.05) is 23.2 Å². The maximum atomic E-state index is 12.8. The zero-order valence-electron chi connectivity index (χ0n) is 12.5. The molecule has 0 aliphatic carbocycles. The van der Waals surface area contributed by atoms with Gasteiger partial charge in [-0.3, -0.25) is 4.79 Å². The van der Waals surface area contributed by atoms with Gasteiger partial charge in [0.05, 0.1) is 19.3 Å². The predicted octanol–water partition coefficient (Wildman–Crippen LogP) is 3.16. The van der Waals surface area contributed by atoms with E-state index in [1.54, 1.807) is 7.11 Å². The van der Waals surface area contributed by atoms with Crippen LogP contribution >= 0.6 is 11.3 Å². The molecule has 1 aliphatic heterocycles. The van der Waals surface area contributed by atoms with E-state index in [2.05, 4.69) is 0 Å². The van der Waals surface area contributed by atoms with Crippen molar-refractivity contribution in [2.45, 2.75) is 26.1 Å². The summed E-state index contributed by atoms with van der Waals surface area (Å²) >= 11 is 1.50. The van der Waals surface area contributed by atoms with Gasteiger partial charge in [-0.15, -0.1) is 11.3 Å². The Hall–Kier alpha value is -1.59. The van der Waals surface area contributed by atoms with E-state index in [0.29, 0.717) is 23.7 Å². The van der Waals surface area contributed by atoms with Crippen molar-refractivity contribution in [1.82, 2.24) is 4.90 Å². The predicted molar refractivity (Wildman–Crippen MR) is 84.3 cm³/mol. The van der Waals surface area contributed by atoms with Crippen LogP contribution < -0.4 is 4.74 Å². The number of methoxy groups -OCH3 is 1. The maximum absolute atomic E-state index is 12.8. The van der Waals surface area contributed by atoms with Gasteiger partial charge in [0.1, 0.15) is 10.6 Å². The van der Waals surface area contributed by atoms with Crippen LogP contribution in [0.1, 0.15) is 23.5 Å². The monoisotopic (exact) mass is 305 g/mol. The molecular weight excluding hydrogens is 286 g/mol. The van der Waals surface area contributed by atoms with Gasteiger partial charge in [0.2, 0.25) is 0 Å². The van der Waals surface area contributed by atoms with Crippen molar-refractivity contribution in [3.8, 4) is 5.75 Å². The smallest absolute Gasteiger partial charge is 0.267 e. The fourth-order valence-electron chi connectivity index (χ4n) is 2.85. The van der Waals surface area contributed by atoms with E-state index >= 15 is 0 Å². The van der Waals surface area contributed by atoms with Crippen molar-refractivity contribution < 1.29 is 14.3 Å². The first kappa shape index (κ1) is 14.4. The number of carbonyl (C=O) groups excluding carboxylic acids is 1. The molecule has 3 rings (SSSR count). The quantitative estimate of drug-likeness (QED) is 0.855. The Morgan fingerprint density at radius 2 is 1.95 bits per heavy atom. The lowest BCUT2D eigenvalue weighted by Gasteiger charge is -2.35. The highest BCUT2D eigenvalue weighted by Gasteiger charge is 2.30. The van der Waals surface area contributed by atoms with Gasteiger partial charge in [-0.05, 0) is 26.0 Å². The van der Waals surface area contributed by atoms with Crippen LogP contribution in [0.3, 0.4) is 0 Å². The van der Waals surface area contributed by atoms with Crippen LogP contribution in [0.2, 0.25) is 0 Å². The standard InChI is InChI=1S/C16H19NO3S/c1-10-8-17(9-11(2)20-10)16(18)15-14(19-3)12-6-4-5-7-13(12)21-15/h4-7,10-11H,8-9H2,1-3H3/t10-,11+. The molecule has 2 aromatic rings. The van der Waals surface area contributed by atoms with Gasteiger partial charge in [-0.2, -0.15) is 0 Å². The molecule has 0 saturated carbocycles. The van der Waals surface area contributed by atoms with Crippen molar-refractivity contribution >= 4 is 27.3 Å². The Bertz CT molecular complexity index is 657. The van der Waals surface area contributed by atoms with Gasteiger partial charge < -0.3 is 14.4 Å². The number of hydrogen-bond donors (Lipinski definition) is 0.